The zero-order valence-corrected chi connectivity index (χ0v) is 26.0. The molecule has 0 bridgehead atoms. The lowest BCUT2D eigenvalue weighted by Gasteiger charge is -2.32. The molecule has 6 aromatic rings. The molecule has 1 saturated heterocycles. The van der Waals surface area contributed by atoms with Gasteiger partial charge in [-0.05, 0) is 60.7 Å². The molecule has 0 saturated carbocycles. The van der Waals surface area contributed by atoms with E-state index in [4.69, 9.17) is 34.8 Å². The average molecular weight is 638 g/mol. The minimum atomic E-state index is -0.490. The molecule has 4 N–H and O–H groups in total. The Hall–Kier alpha value is -2.81. The molecule has 0 unspecified atom stereocenters. The Labute approximate surface area is 265 Å². The number of nitrogens with one attached hydrogen (secondary N) is 2. The normalized spacial score (nSPS) is 19.1. The van der Waals surface area contributed by atoms with E-state index < -0.39 is 12.2 Å². The first-order valence-electron chi connectivity index (χ1n) is 14.9. The van der Waals surface area contributed by atoms with E-state index in [1.54, 1.807) is 0 Å². The van der Waals surface area contributed by atoms with Crippen molar-refractivity contribution in [3.63, 3.8) is 0 Å². The molecule has 2 atom stereocenters. The molecule has 0 aliphatic carbocycles. The summed E-state index contributed by atoms with van der Waals surface area (Å²) in [6, 6.07) is 26.1. The van der Waals surface area contributed by atoms with Crippen molar-refractivity contribution in [2.75, 3.05) is 39.3 Å². The third-order valence-electron chi connectivity index (χ3n) is 9.02. The molecule has 222 valence electrons. The van der Waals surface area contributed by atoms with Crippen LogP contribution in [0.15, 0.2) is 78.9 Å². The summed E-state index contributed by atoms with van der Waals surface area (Å²) in [6.07, 6.45) is -0.953. The number of piperazine rings is 1. The third kappa shape index (κ3) is 5.74. The van der Waals surface area contributed by atoms with Crippen molar-refractivity contribution in [2.45, 2.75) is 25.3 Å². The van der Waals surface area contributed by atoms with Crippen molar-refractivity contribution in [1.29, 1.82) is 0 Å². The fourth-order valence-electron chi connectivity index (χ4n) is 7.05. The molecule has 2 aromatic heterocycles. The molecule has 3 heterocycles. The van der Waals surface area contributed by atoms with E-state index in [2.05, 4.69) is 21.3 Å². The second-order valence-electron chi connectivity index (χ2n) is 11.9. The van der Waals surface area contributed by atoms with Crippen molar-refractivity contribution in [3.05, 3.63) is 93.9 Å². The van der Waals surface area contributed by atoms with E-state index in [1.165, 1.54) is 9.80 Å². The molecule has 0 spiro atoms. The zero-order valence-electron chi connectivity index (χ0n) is 23.7. The molecule has 9 heteroatoms. The molecule has 6 nitrogen and oxygen atoms in total. The lowest BCUT2D eigenvalue weighted by atomic mass is 10.1. The fraction of sp³-hybridized carbons (Fsp3) is 0.294. The van der Waals surface area contributed by atoms with Crippen LogP contribution >= 0.6 is 34.8 Å². The van der Waals surface area contributed by atoms with Crippen LogP contribution in [0, 0.1) is 0 Å². The Kier molecular flexibility index (Phi) is 8.03. The van der Waals surface area contributed by atoms with Gasteiger partial charge in [-0.15, -0.1) is 0 Å². The summed E-state index contributed by atoms with van der Waals surface area (Å²) in [7, 11) is 0. The highest BCUT2D eigenvalue weighted by Gasteiger charge is 2.28. The van der Waals surface area contributed by atoms with Crippen molar-refractivity contribution < 1.29 is 20.0 Å². The van der Waals surface area contributed by atoms with Gasteiger partial charge in [-0.1, -0.05) is 53.0 Å². The second kappa shape index (κ2) is 11.9. The lowest BCUT2D eigenvalue weighted by molar-refractivity contribution is -1.01. The quantitative estimate of drug-likeness (QED) is 0.204. The number of aliphatic hydroxyl groups excluding tert-OH is 2. The highest BCUT2D eigenvalue weighted by Crippen LogP contribution is 2.33. The standard InChI is InChI=1S/C34H33Cl3N4O2/c35-22-5-8-32-28(15-22)27-3-1-2-4-31(27)40(32)20-25(42)18-38-11-13-39(14-12-38)19-26(43)21-41-33-9-6-23(36)16-29(33)30-17-24(37)7-10-34(30)41/h1-10,15-17,25-26,42-43H,11-14,18-21H2/p+2/t25-,26+/m0/s1. The molecule has 43 heavy (non-hydrogen) atoms. The number of aromatic nitrogens is 2. The number of para-hydroxylation sites is 1. The second-order valence-corrected chi connectivity index (χ2v) is 13.2. The molecule has 7 rings (SSSR count). The Bertz CT molecular complexity index is 1880. The Morgan fingerprint density at radius 1 is 0.535 bits per heavy atom. The van der Waals surface area contributed by atoms with Gasteiger partial charge in [0.1, 0.15) is 51.5 Å². The molecule has 1 fully saturated rings. The van der Waals surface area contributed by atoms with E-state index in [0.717, 1.165) is 74.8 Å². The minimum absolute atomic E-state index is 0.464. The van der Waals surface area contributed by atoms with Crippen LogP contribution in [0.4, 0.5) is 0 Å². The Balaban J connectivity index is 0.978. The van der Waals surface area contributed by atoms with Crippen molar-refractivity contribution in [1.82, 2.24) is 9.13 Å². The number of hydrogen-bond acceptors (Lipinski definition) is 2. The maximum Gasteiger partial charge on any atom is 0.127 e. The number of quaternary nitrogens is 2. The van der Waals surface area contributed by atoms with Gasteiger partial charge >= 0.3 is 0 Å². The predicted molar refractivity (Wildman–Crippen MR) is 177 cm³/mol. The van der Waals surface area contributed by atoms with Gasteiger partial charge in [-0.3, -0.25) is 0 Å². The van der Waals surface area contributed by atoms with Gasteiger partial charge in [-0.2, -0.15) is 0 Å². The van der Waals surface area contributed by atoms with Crippen LogP contribution in [-0.2, 0) is 13.1 Å². The Morgan fingerprint density at radius 2 is 0.907 bits per heavy atom. The SMILES string of the molecule is O[C@H](Cn1c2ccccc2c2cc(Cl)ccc21)C[NH+]1CC[NH+](C[C@@H](O)Cn2c3ccc(Cl)cc3c3cc(Cl)ccc32)CC1. The number of nitrogens with zero attached hydrogens (tertiary/aromatic N) is 2. The fourth-order valence-corrected chi connectivity index (χ4v) is 7.57. The van der Waals surface area contributed by atoms with Crippen LogP contribution < -0.4 is 9.80 Å². The summed E-state index contributed by atoms with van der Waals surface area (Å²) in [5.41, 5.74) is 4.31. The topological polar surface area (TPSA) is 59.2 Å². The van der Waals surface area contributed by atoms with E-state index in [-0.39, 0.29) is 0 Å². The van der Waals surface area contributed by atoms with Gasteiger partial charge in [0.15, 0.2) is 0 Å². The first-order chi connectivity index (χ1) is 20.8. The van der Waals surface area contributed by atoms with Crippen molar-refractivity contribution in [3.8, 4) is 0 Å². The summed E-state index contributed by atoms with van der Waals surface area (Å²) in [5, 5.41) is 28.8. The highest BCUT2D eigenvalue weighted by molar-refractivity contribution is 6.33. The summed E-state index contributed by atoms with van der Waals surface area (Å²) < 4.78 is 4.40. The van der Waals surface area contributed by atoms with E-state index >= 15 is 0 Å². The van der Waals surface area contributed by atoms with Crippen LogP contribution in [-0.4, -0.2) is 70.8 Å². The largest absolute Gasteiger partial charge is 0.385 e. The van der Waals surface area contributed by atoms with E-state index in [1.807, 2.05) is 66.7 Å². The minimum Gasteiger partial charge on any atom is -0.385 e. The van der Waals surface area contributed by atoms with Crippen LogP contribution in [0.25, 0.3) is 43.6 Å². The maximum atomic E-state index is 11.2. The summed E-state index contributed by atoms with van der Waals surface area (Å²) in [6.45, 7) is 6.29. The number of benzene rings is 4. The average Bonchev–Trinajstić information content (AvgIpc) is 3.45. The summed E-state index contributed by atoms with van der Waals surface area (Å²) >= 11 is 18.9. The third-order valence-corrected chi connectivity index (χ3v) is 9.73. The van der Waals surface area contributed by atoms with E-state index in [9.17, 15) is 10.2 Å². The molecule has 0 amide bonds. The predicted octanol–water partition coefficient (Wildman–Crippen LogP) is 4.07. The van der Waals surface area contributed by atoms with Gasteiger partial charge < -0.3 is 29.1 Å². The van der Waals surface area contributed by atoms with Crippen LogP contribution in [0.3, 0.4) is 0 Å². The number of rotatable bonds is 8. The van der Waals surface area contributed by atoms with Gasteiger partial charge in [-0.25, -0.2) is 0 Å². The van der Waals surface area contributed by atoms with Gasteiger partial charge in [0.05, 0.1) is 13.1 Å². The monoisotopic (exact) mass is 636 g/mol. The first kappa shape index (κ1) is 28.9. The van der Waals surface area contributed by atoms with Gasteiger partial charge in [0.25, 0.3) is 0 Å². The molecular weight excluding hydrogens is 603 g/mol. The van der Waals surface area contributed by atoms with E-state index in [0.29, 0.717) is 36.2 Å². The number of fused-ring (bicyclic) bond motifs is 6. The number of hydrogen-bond donors (Lipinski definition) is 4. The zero-order chi connectivity index (χ0) is 29.7. The lowest BCUT2D eigenvalue weighted by Crippen LogP contribution is -3.28. The molecular formula is C34H35Cl3N4O2+2. The molecule has 0 radical (unpaired) electrons. The van der Waals surface area contributed by atoms with Gasteiger partial charge in [0, 0.05) is 58.7 Å². The number of halogens is 3. The van der Waals surface area contributed by atoms with Crippen LogP contribution in [0.2, 0.25) is 15.1 Å². The summed E-state index contributed by atoms with van der Waals surface area (Å²) in [5.74, 6) is 0. The highest BCUT2D eigenvalue weighted by atomic mass is 35.5. The summed E-state index contributed by atoms with van der Waals surface area (Å²) in [4.78, 5) is 2.81. The number of aliphatic hydroxyl groups is 2. The molecule has 4 aromatic carbocycles. The molecule has 1 aliphatic heterocycles. The Morgan fingerprint density at radius 3 is 1.35 bits per heavy atom. The van der Waals surface area contributed by atoms with Gasteiger partial charge in [0.2, 0.25) is 0 Å². The maximum absolute atomic E-state index is 11.2. The van der Waals surface area contributed by atoms with Crippen LogP contribution in [0.1, 0.15) is 0 Å². The van der Waals surface area contributed by atoms with Crippen molar-refractivity contribution in [2.24, 2.45) is 0 Å². The smallest absolute Gasteiger partial charge is 0.127 e. The van der Waals surface area contributed by atoms with Crippen LogP contribution in [0.5, 0.6) is 0 Å². The first-order valence-corrected chi connectivity index (χ1v) is 16.0. The van der Waals surface area contributed by atoms with Crippen molar-refractivity contribution >= 4 is 78.4 Å². The molecule has 1 aliphatic rings.